The minimum Gasteiger partial charge on any atom is -0.494 e. The van der Waals surface area contributed by atoms with Gasteiger partial charge in [0.25, 0.3) is 0 Å². The Bertz CT molecular complexity index is 605. The van der Waals surface area contributed by atoms with Gasteiger partial charge in [-0.25, -0.2) is 0 Å². The molecule has 0 bridgehead atoms. The highest BCUT2D eigenvalue weighted by Gasteiger charge is 2.12. The van der Waals surface area contributed by atoms with E-state index in [1.54, 1.807) is 6.07 Å². The monoisotopic (exact) mass is 318 g/mol. The van der Waals surface area contributed by atoms with Crippen LogP contribution in [0.5, 0.6) is 5.75 Å². The van der Waals surface area contributed by atoms with E-state index < -0.39 is 0 Å². The van der Waals surface area contributed by atoms with Crippen molar-refractivity contribution in [1.29, 1.82) is 0 Å². The van der Waals surface area contributed by atoms with Crippen LogP contribution < -0.4 is 4.74 Å². The molecule has 0 aromatic heterocycles. The molecule has 0 spiro atoms. The molecule has 3 heteroatoms. The van der Waals surface area contributed by atoms with Crippen LogP contribution in [0.15, 0.2) is 46.9 Å². The van der Waals surface area contributed by atoms with Gasteiger partial charge in [-0.1, -0.05) is 34.1 Å². The predicted molar refractivity (Wildman–Crippen MR) is 79.9 cm³/mol. The van der Waals surface area contributed by atoms with Crippen molar-refractivity contribution >= 4 is 21.7 Å². The zero-order valence-corrected chi connectivity index (χ0v) is 12.5. The Morgan fingerprint density at radius 3 is 2.74 bits per heavy atom. The number of ether oxygens (including phenoxy) is 1. The molecule has 2 aromatic carbocycles. The van der Waals surface area contributed by atoms with Crippen LogP contribution in [0, 0.1) is 6.92 Å². The summed E-state index contributed by atoms with van der Waals surface area (Å²) in [6.45, 7) is 4.45. The van der Waals surface area contributed by atoms with Gasteiger partial charge in [0.15, 0.2) is 5.78 Å². The Morgan fingerprint density at radius 1 is 1.21 bits per heavy atom. The summed E-state index contributed by atoms with van der Waals surface area (Å²) in [6, 6.07) is 13.0. The van der Waals surface area contributed by atoms with Gasteiger partial charge >= 0.3 is 0 Å². The highest BCUT2D eigenvalue weighted by Crippen LogP contribution is 2.21. The van der Waals surface area contributed by atoms with E-state index >= 15 is 0 Å². The van der Waals surface area contributed by atoms with Crippen molar-refractivity contribution in [2.45, 2.75) is 13.8 Å². The van der Waals surface area contributed by atoms with Crippen LogP contribution in [0.25, 0.3) is 0 Å². The fourth-order valence-corrected chi connectivity index (χ4v) is 2.25. The van der Waals surface area contributed by atoms with Crippen molar-refractivity contribution in [3.8, 4) is 5.75 Å². The first-order valence-electron chi connectivity index (χ1n) is 6.15. The molecule has 0 heterocycles. The maximum atomic E-state index is 12.5. The first-order chi connectivity index (χ1) is 9.11. The van der Waals surface area contributed by atoms with Crippen LogP contribution >= 0.6 is 15.9 Å². The van der Waals surface area contributed by atoms with Crippen molar-refractivity contribution in [1.82, 2.24) is 0 Å². The summed E-state index contributed by atoms with van der Waals surface area (Å²) in [5, 5.41) is 0. The van der Waals surface area contributed by atoms with Gasteiger partial charge in [0.2, 0.25) is 0 Å². The number of halogens is 1. The average Bonchev–Trinajstić information content (AvgIpc) is 2.41. The van der Waals surface area contributed by atoms with Crippen molar-refractivity contribution < 1.29 is 9.53 Å². The molecular formula is C16H15BrO2. The largest absolute Gasteiger partial charge is 0.494 e. The Balaban J connectivity index is 2.38. The summed E-state index contributed by atoms with van der Waals surface area (Å²) in [5.74, 6) is 0.737. The van der Waals surface area contributed by atoms with Crippen LogP contribution in [0.1, 0.15) is 28.4 Å². The maximum Gasteiger partial charge on any atom is 0.193 e. The first kappa shape index (κ1) is 13.8. The molecule has 0 aliphatic rings. The van der Waals surface area contributed by atoms with Crippen molar-refractivity contribution in [3.63, 3.8) is 0 Å². The summed E-state index contributed by atoms with van der Waals surface area (Å²) < 4.78 is 6.33. The molecule has 0 unspecified atom stereocenters. The van der Waals surface area contributed by atoms with Gasteiger partial charge in [0.1, 0.15) is 5.75 Å². The second kappa shape index (κ2) is 6.02. The Kier molecular flexibility index (Phi) is 4.38. The second-order valence-electron chi connectivity index (χ2n) is 4.25. The number of hydrogen-bond donors (Lipinski definition) is 0. The van der Waals surface area contributed by atoms with Crippen molar-refractivity contribution in [2.75, 3.05) is 6.61 Å². The third-order valence-corrected chi connectivity index (χ3v) is 3.34. The van der Waals surface area contributed by atoms with E-state index in [2.05, 4.69) is 15.9 Å². The van der Waals surface area contributed by atoms with Crippen molar-refractivity contribution in [3.05, 3.63) is 63.6 Å². The lowest BCUT2D eigenvalue weighted by Crippen LogP contribution is -2.04. The molecule has 0 aliphatic heterocycles. The summed E-state index contributed by atoms with van der Waals surface area (Å²) in [7, 11) is 0. The summed E-state index contributed by atoms with van der Waals surface area (Å²) in [5.41, 5.74) is 2.32. The molecule has 19 heavy (non-hydrogen) atoms. The van der Waals surface area contributed by atoms with Gasteiger partial charge in [-0.2, -0.15) is 0 Å². The van der Waals surface area contributed by atoms with Crippen LogP contribution in [-0.2, 0) is 0 Å². The number of hydrogen-bond acceptors (Lipinski definition) is 2. The number of carbonyl (C=O) groups excluding carboxylic acids is 1. The lowest BCUT2D eigenvalue weighted by atomic mass is 9.99. The fraction of sp³-hybridized carbons (Fsp3) is 0.188. The van der Waals surface area contributed by atoms with Gasteiger partial charge in [0, 0.05) is 15.6 Å². The van der Waals surface area contributed by atoms with E-state index in [9.17, 15) is 4.79 Å². The van der Waals surface area contributed by atoms with E-state index in [1.807, 2.05) is 50.2 Å². The average molecular weight is 319 g/mol. The Morgan fingerprint density at radius 2 is 2.00 bits per heavy atom. The molecule has 0 saturated heterocycles. The van der Waals surface area contributed by atoms with Crippen LogP contribution in [0.4, 0.5) is 0 Å². The van der Waals surface area contributed by atoms with Gasteiger partial charge in [0.05, 0.1) is 6.61 Å². The smallest absolute Gasteiger partial charge is 0.193 e. The molecule has 0 fully saturated rings. The second-order valence-corrected chi connectivity index (χ2v) is 5.16. The van der Waals surface area contributed by atoms with Gasteiger partial charge in [-0.3, -0.25) is 4.79 Å². The number of ketones is 1. The van der Waals surface area contributed by atoms with E-state index in [0.29, 0.717) is 17.7 Å². The maximum absolute atomic E-state index is 12.5. The molecule has 98 valence electrons. The standard InChI is InChI=1S/C16H15BrO2/c1-3-19-14-6-4-5-12(9-14)16(18)15-10-13(17)8-7-11(15)2/h4-10H,3H2,1-2H3. The van der Waals surface area contributed by atoms with Crippen LogP contribution in [0.3, 0.4) is 0 Å². The molecule has 0 aliphatic carbocycles. The van der Waals surface area contributed by atoms with E-state index in [0.717, 1.165) is 15.8 Å². The van der Waals surface area contributed by atoms with E-state index in [-0.39, 0.29) is 5.78 Å². The lowest BCUT2D eigenvalue weighted by molar-refractivity contribution is 0.103. The summed E-state index contributed by atoms with van der Waals surface area (Å²) in [4.78, 5) is 12.5. The SMILES string of the molecule is CCOc1cccc(C(=O)c2cc(Br)ccc2C)c1. The molecule has 0 radical (unpaired) electrons. The van der Waals surface area contributed by atoms with Crippen LogP contribution in [-0.4, -0.2) is 12.4 Å². The lowest BCUT2D eigenvalue weighted by Gasteiger charge is -2.08. The van der Waals surface area contributed by atoms with Crippen LogP contribution in [0.2, 0.25) is 0 Å². The quantitative estimate of drug-likeness (QED) is 0.782. The number of rotatable bonds is 4. The summed E-state index contributed by atoms with van der Waals surface area (Å²) in [6.07, 6.45) is 0. The molecule has 0 saturated carbocycles. The number of carbonyl (C=O) groups is 1. The highest BCUT2D eigenvalue weighted by atomic mass is 79.9. The Labute approximate surface area is 121 Å². The normalized spacial score (nSPS) is 10.3. The number of aryl methyl sites for hydroxylation is 1. The molecule has 2 aromatic rings. The van der Waals surface area contributed by atoms with Gasteiger partial charge in [-0.05, 0) is 43.7 Å². The van der Waals surface area contributed by atoms with Crippen molar-refractivity contribution in [2.24, 2.45) is 0 Å². The minimum atomic E-state index is 0.0142. The third-order valence-electron chi connectivity index (χ3n) is 2.85. The minimum absolute atomic E-state index is 0.0142. The zero-order valence-electron chi connectivity index (χ0n) is 10.9. The molecule has 0 atom stereocenters. The molecule has 0 amide bonds. The zero-order chi connectivity index (χ0) is 13.8. The first-order valence-corrected chi connectivity index (χ1v) is 6.95. The predicted octanol–water partition coefficient (Wildman–Crippen LogP) is 4.39. The highest BCUT2D eigenvalue weighted by molar-refractivity contribution is 9.10. The van der Waals surface area contributed by atoms with E-state index in [4.69, 9.17) is 4.74 Å². The molecule has 2 rings (SSSR count). The number of benzene rings is 2. The third kappa shape index (κ3) is 3.24. The van der Waals surface area contributed by atoms with Gasteiger partial charge < -0.3 is 4.74 Å². The van der Waals surface area contributed by atoms with E-state index in [1.165, 1.54) is 0 Å². The fourth-order valence-electron chi connectivity index (χ4n) is 1.89. The van der Waals surface area contributed by atoms with Gasteiger partial charge in [-0.15, -0.1) is 0 Å². The molecular weight excluding hydrogens is 304 g/mol. The molecule has 0 N–H and O–H groups in total. The Hall–Kier alpha value is -1.61. The summed E-state index contributed by atoms with van der Waals surface area (Å²) >= 11 is 3.40. The topological polar surface area (TPSA) is 26.3 Å². The molecule has 2 nitrogen and oxygen atoms in total.